The lowest BCUT2D eigenvalue weighted by Crippen LogP contribution is -2.59. The van der Waals surface area contributed by atoms with Crippen molar-refractivity contribution in [2.45, 2.75) is 91.8 Å². The fourth-order valence-corrected chi connectivity index (χ4v) is 6.88. The van der Waals surface area contributed by atoms with Gasteiger partial charge in [0.25, 0.3) is 0 Å². The molecule has 1 fully saturated rings. The van der Waals surface area contributed by atoms with E-state index >= 15 is 0 Å². The van der Waals surface area contributed by atoms with Gasteiger partial charge in [-0.1, -0.05) is 49.3 Å². The Hall–Kier alpha value is -3.26. The van der Waals surface area contributed by atoms with Crippen LogP contribution in [0.5, 0.6) is 23.0 Å². The predicted molar refractivity (Wildman–Crippen MR) is 180 cm³/mol. The summed E-state index contributed by atoms with van der Waals surface area (Å²) in [6, 6.07) is 7.47. The van der Waals surface area contributed by atoms with Crippen molar-refractivity contribution in [3.63, 3.8) is 0 Å². The summed E-state index contributed by atoms with van der Waals surface area (Å²) in [7, 11) is 3.25. The summed E-state index contributed by atoms with van der Waals surface area (Å²) >= 11 is 0. The molecule has 3 atom stereocenters. The molecular weight excluding hydrogens is 568 g/mol. The van der Waals surface area contributed by atoms with Gasteiger partial charge in [-0.15, -0.1) is 0 Å². The van der Waals surface area contributed by atoms with Crippen molar-refractivity contribution >= 4 is 12.2 Å². The van der Waals surface area contributed by atoms with Crippen LogP contribution in [0, 0.1) is 11.3 Å². The quantitative estimate of drug-likeness (QED) is 0.132. The Morgan fingerprint density at radius 1 is 0.933 bits per heavy atom. The lowest BCUT2D eigenvalue weighted by molar-refractivity contribution is -0.185. The van der Waals surface area contributed by atoms with Crippen LogP contribution < -0.4 is 9.47 Å². The molecule has 2 aliphatic rings. The van der Waals surface area contributed by atoms with E-state index in [2.05, 4.69) is 59.8 Å². The number of fused-ring (bicyclic) bond motifs is 2. The fourth-order valence-electron chi connectivity index (χ4n) is 6.88. The highest BCUT2D eigenvalue weighted by atomic mass is 16.7. The molecule has 246 valence electrons. The molecule has 7 heteroatoms. The summed E-state index contributed by atoms with van der Waals surface area (Å²) in [5, 5.41) is 21.6. The summed E-state index contributed by atoms with van der Waals surface area (Å²) in [5.41, 5.74) is 5.26. The molecule has 45 heavy (non-hydrogen) atoms. The Labute approximate surface area is 269 Å². The first kappa shape index (κ1) is 34.6. The van der Waals surface area contributed by atoms with E-state index in [1.807, 2.05) is 18.2 Å². The average Bonchev–Trinajstić information content (AvgIpc) is 2.97. The second kappa shape index (κ2) is 14.9. The molecule has 2 N–H and O–H groups in total. The van der Waals surface area contributed by atoms with Crippen molar-refractivity contribution in [1.29, 1.82) is 0 Å². The van der Waals surface area contributed by atoms with E-state index in [0.29, 0.717) is 23.3 Å². The van der Waals surface area contributed by atoms with Crippen LogP contribution in [-0.2, 0) is 27.1 Å². The minimum absolute atomic E-state index is 0.0678. The van der Waals surface area contributed by atoms with Gasteiger partial charge in [0.15, 0.2) is 18.3 Å². The van der Waals surface area contributed by atoms with Gasteiger partial charge in [0.1, 0.15) is 23.9 Å². The lowest BCUT2D eigenvalue weighted by Gasteiger charge is -2.56. The van der Waals surface area contributed by atoms with Gasteiger partial charge in [-0.3, -0.25) is 0 Å². The number of hydrogen-bond acceptors (Lipinski definition) is 7. The van der Waals surface area contributed by atoms with Gasteiger partial charge in [-0.25, -0.2) is 0 Å². The normalized spacial score (nSPS) is 22.4. The monoisotopic (exact) mass is 620 g/mol. The van der Waals surface area contributed by atoms with E-state index < -0.39 is 0 Å². The second-order valence-electron chi connectivity index (χ2n) is 13.6. The van der Waals surface area contributed by atoms with Crippen LogP contribution in [0.3, 0.4) is 0 Å². The SMILES string of the molecule is COCOc1cc(/C=C/c2cc(O)c(C/C=C(\C)CCC=C(C)C)c(O)c2)cc2c1O[C@]1(C)CC[C@@H](OCOC)C(C)(C)[C@H]1C2. The van der Waals surface area contributed by atoms with Crippen LogP contribution in [0.1, 0.15) is 89.5 Å². The van der Waals surface area contributed by atoms with Crippen molar-refractivity contribution in [3.05, 3.63) is 69.8 Å². The number of rotatable bonds is 13. The number of methoxy groups -OCH3 is 2. The molecule has 1 saturated carbocycles. The smallest absolute Gasteiger partial charge is 0.188 e. The molecule has 0 saturated heterocycles. The highest BCUT2D eigenvalue weighted by Crippen LogP contribution is 2.55. The zero-order valence-electron chi connectivity index (χ0n) is 28.4. The number of phenols is 2. The molecular formula is C38H52O7. The third-order valence-corrected chi connectivity index (χ3v) is 9.44. The minimum atomic E-state index is -0.359. The Bertz CT molecular complexity index is 1390. The Morgan fingerprint density at radius 3 is 2.24 bits per heavy atom. The number of aromatic hydroxyl groups is 2. The maximum absolute atomic E-state index is 10.8. The zero-order valence-corrected chi connectivity index (χ0v) is 28.4. The third-order valence-electron chi connectivity index (χ3n) is 9.44. The molecule has 0 spiro atoms. The first-order chi connectivity index (χ1) is 21.4. The van der Waals surface area contributed by atoms with Crippen LogP contribution in [0.4, 0.5) is 0 Å². The second-order valence-corrected chi connectivity index (χ2v) is 13.6. The van der Waals surface area contributed by atoms with E-state index in [4.69, 9.17) is 23.7 Å². The first-order valence-electron chi connectivity index (χ1n) is 16.0. The zero-order chi connectivity index (χ0) is 32.8. The molecule has 1 aliphatic carbocycles. The Balaban J connectivity index is 1.58. The van der Waals surface area contributed by atoms with Crippen LogP contribution in [0.15, 0.2) is 47.6 Å². The van der Waals surface area contributed by atoms with Gasteiger partial charge in [-0.05, 0) is 113 Å². The van der Waals surface area contributed by atoms with E-state index in [-0.39, 0.29) is 48.1 Å². The molecule has 2 aromatic rings. The van der Waals surface area contributed by atoms with Gasteiger partial charge in [0.05, 0.1) is 6.10 Å². The topological polar surface area (TPSA) is 86.6 Å². The number of ether oxygens (including phenoxy) is 5. The van der Waals surface area contributed by atoms with Crippen LogP contribution in [0.25, 0.3) is 12.2 Å². The molecule has 1 aliphatic heterocycles. The number of phenolic OH excluding ortho intramolecular Hbond substituents is 2. The number of allylic oxidation sites excluding steroid dienone is 4. The lowest BCUT2D eigenvalue weighted by atomic mass is 9.57. The molecule has 0 bridgehead atoms. The summed E-state index contributed by atoms with van der Waals surface area (Å²) in [6.07, 6.45) is 13.2. The third kappa shape index (κ3) is 8.32. The Kier molecular flexibility index (Phi) is 11.5. The maximum Gasteiger partial charge on any atom is 0.188 e. The van der Waals surface area contributed by atoms with Crippen molar-refractivity contribution in [2.24, 2.45) is 11.3 Å². The van der Waals surface area contributed by atoms with Crippen molar-refractivity contribution in [2.75, 3.05) is 27.8 Å². The van der Waals surface area contributed by atoms with E-state index in [1.165, 1.54) is 11.1 Å². The summed E-state index contributed by atoms with van der Waals surface area (Å²) in [4.78, 5) is 0. The first-order valence-corrected chi connectivity index (χ1v) is 16.0. The molecule has 0 radical (unpaired) electrons. The largest absolute Gasteiger partial charge is 0.507 e. The molecule has 4 rings (SSSR count). The summed E-state index contributed by atoms with van der Waals surface area (Å²) in [5.74, 6) is 1.77. The van der Waals surface area contributed by atoms with Gasteiger partial charge < -0.3 is 33.9 Å². The van der Waals surface area contributed by atoms with Crippen molar-refractivity contribution in [1.82, 2.24) is 0 Å². The van der Waals surface area contributed by atoms with Crippen molar-refractivity contribution < 1.29 is 33.9 Å². The molecule has 2 aromatic carbocycles. The predicted octanol–water partition coefficient (Wildman–Crippen LogP) is 8.61. The summed E-state index contributed by atoms with van der Waals surface area (Å²) < 4.78 is 29.4. The maximum atomic E-state index is 10.8. The van der Waals surface area contributed by atoms with Crippen LogP contribution in [-0.4, -0.2) is 49.7 Å². The van der Waals surface area contributed by atoms with Gasteiger partial charge in [-0.2, -0.15) is 0 Å². The van der Waals surface area contributed by atoms with Crippen LogP contribution >= 0.6 is 0 Å². The van der Waals surface area contributed by atoms with E-state index in [1.54, 1.807) is 26.4 Å². The van der Waals surface area contributed by atoms with Crippen LogP contribution in [0.2, 0.25) is 0 Å². The fraction of sp³-hybridized carbons (Fsp3) is 0.526. The molecule has 0 amide bonds. The van der Waals surface area contributed by atoms with Gasteiger partial charge in [0.2, 0.25) is 0 Å². The molecule has 1 heterocycles. The van der Waals surface area contributed by atoms with E-state index in [9.17, 15) is 10.2 Å². The standard InChI is InChI=1S/C38H52O7/c1-25(2)10-9-11-26(3)12-15-30-31(39)19-28(20-32(30)40)14-13-27-18-29-22-34-37(4,5)35(44-24-42-8)16-17-38(34,6)45-36(29)33(21-27)43-23-41-7/h10,12-14,18-21,34-35,39-40H,9,11,15-17,22-24H2,1-8H3/b14-13+,26-12+/t34-,35-,38-/m1/s1. The summed E-state index contributed by atoms with van der Waals surface area (Å²) in [6.45, 7) is 13.4. The Morgan fingerprint density at radius 2 is 1.60 bits per heavy atom. The average molecular weight is 621 g/mol. The number of hydrogen-bond donors (Lipinski definition) is 2. The van der Waals surface area contributed by atoms with E-state index in [0.717, 1.165) is 49.0 Å². The van der Waals surface area contributed by atoms with Gasteiger partial charge >= 0.3 is 0 Å². The van der Waals surface area contributed by atoms with Gasteiger partial charge in [0, 0.05) is 25.7 Å². The molecule has 0 aromatic heterocycles. The number of benzene rings is 2. The van der Waals surface area contributed by atoms with Crippen molar-refractivity contribution in [3.8, 4) is 23.0 Å². The molecule has 0 unspecified atom stereocenters. The molecule has 7 nitrogen and oxygen atoms in total. The highest BCUT2D eigenvalue weighted by molar-refractivity contribution is 5.73. The highest BCUT2D eigenvalue weighted by Gasteiger charge is 2.55. The minimum Gasteiger partial charge on any atom is -0.507 e.